The Morgan fingerprint density at radius 2 is 1.57 bits per heavy atom. The van der Waals surface area contributed by atoms with E-state index in [1.54, 1.807) is 12.1 Å². The van der Waals surface area contributed by atoms with Gasteiger partial charge in [-0.2, -0.15) is 13.2 Å². The lowest BCUT2D eigenvalue weighted by atomic mass is 9.80. The number of benzene rings is 2. The Bertz CT molecular complexity index is 1030. The van der Waals surface area contributed by atoms with Crippen LogP contribution in [-0.4, -0.2) is 48.9 Å². The van der Waals surface area contributed by atoms with Gasteiger partial charge in [0.2, 0.25) is 0 Å². The van der Waals surface area contributed by atoms with E-state index in [9.17, 15) is 18.0 Å². The molecule has 2 aliphatic heterocycles. The molecule has 0 bridgehead atoms. The average Bonchev–Trinajstić information content (AvgIpc) is 2.89. The molecule has 0 spiro atoms. The summed E-state index contributed by atoms with van der Waals surface area (Å²) in [6.45, 7) is 2.11. The Balaban J connectivity index is 1.35. The summed E-state index contributed by atoms with van der Waals surface area (Å²) in [5.41, 5.74) is 2.03. The van der Waals surface area contributed by atoms with Gasteiger partial charge in [-0.15, -0.1) is 0 Å². The van der Waals surface area contributed by atoms with Crippen LogP contribution in [0.1, 0.15) is 49.7 Å². The van der Waals surface area contributed by atoms with Crippen molar-refractivity contribution in [3.05, 3.63) is 59.7 Å². The standard InChI is InChI=1S/C28H34F3N3O/c29-28(30,31)22-11-5-7-13-25(22)33-16-18-34(19-17-33)26(27(35)21-9-2-1-3-10-21)24-15-14-20-8-4-6-12-23(20)32-24/h4-8,11-13,21,24,26,32H,1-3,9-10,14-19H2. The van der Waals surface area contributed by atoms with Crippen LogP contribution in [0.5, 0.6) is 0 Å². The third-order valence-electron chi connectivity index (χ3n) is 8.02. The Kier molecular flexibility index (Phi) is 7.05. The van der Waals surface area contributed by atoms with Crippen molar-refractivity contribution in [1.29, 1.82) is 0 Å². The average molecular weight is 486 g/mol. The number of nitrogens with zero attached hydrogens (tertiary/aromatic N) is 2. The molecule has 0 radical (unpaired) electrons. The Hall–Kier alpha value is -2.54. The van der Waals surface area contributed by atoms with Gasteiger partial charge in [0.25, 0.3) is 0 Å². The minimum absolute atomic E-state index is 0.0216. The molecule has 1 saturated carbocycles. The topological polar surface area (TPSA) is 35.6 Å². The third-order valence-corrected chi connectivity index (χ3v) is 8.02. The van der Waals surface area contributed by atoms with Crippen LogP contribution >= 0.6 is 0 Å². The molecule has 2 fully saturated rings. The van der Waals surface area contributed by atoms with Crippen molar-refractivity contribution in [3.8, 4) is 0 Å². The summed E-state index contributed by atoms with van der Waals surface area (Å²) < 4.78 is 40.8. The maximum Gasteiger partial charge on any atom is 0.418 e. The van der Waals surface area contributed by atoms with Crippen molar-refractivity contribution >= 4 is 17.2 Å². The summed E-state index contributed by atoms with van der Waals surface area (Å²) in [7, 11) is 0. The Labute approximate surface area is 205 Å². The molecular weight excluding hydrogens is 451 g/mol. The summed E-state index contributed by atoms with van der Waals surface area (Å²) in [6.07, 6.45) is 2.75. The predicted octanol–water partition coefficient (Wildman–Crippen LogP) is 5.77. The van der Waals surface area contributed by atoms with E-state index in [1.165, 1.54) is 18.1 Å². The number of aryl methyl sites for hydroxylation is 1. The molecule has 4 nitrogen and oxygen atoms in total. The number of ketones is 1. The Morgan fingerprint density at radius 3 is 2.31 bits per heavy atom. The van der Waals surface area contributed by atoms with Gasteiger partial charge in [0.1, 0.15) is 0 Å². The molecule has 7 heteroatoms. The SMILES string of the molecule is O=C(C1CCCCC1)C(C1CCc2ccccc2N1)N1CCN(c2ccccc2C(F)(F)F)CC1. The number of fused-ring (bicyclic) bond motifs is 1. The second kappa shape index (κ2) is 10.2. The Morgan fingerprint density at radius 1 is 0.886 bits per heavy atom. The molecule has 0 amide bonds. The van der Waals surface area contributed by atoms with E-state index in [1.807, 2.05) is 17.0 Å². The summed E-state index contributed by atoms with van der Waals surface area (Å²) in [5.74, 6) is 0.419. The minimum atomic E-state index is -4.38. The van der Waals surface area contributed by atoms with E-state index < -0.39 is 11.7 Å². The zero-order valence-corrected chi connectivity index (χ0v) is 20.1. The van der Waals surface area contributed by atoms with Crippen LogP contribution in [0, 0.1) is 5.92 Å². The molecule has 1 N–H and O–H groups in total. The summed E-state index contributed by atoms with van der Waals surface area (Å²) in [4.78, 5) is 18.0. The quantitative estimate of drug-likeness (QED) is 0.583. The number of hydrogen-bond donors (Lipinski definition) is 1. The lowest BCUT2D eigenvalue weighted by molar-refractivity contribution is -0.137. The fourth-order valence-corrected chi connectivity index (χ4v) is 6.19. The number of nitrogens with one attached hydrogen (secondary N) is 1. The van der Waals surface area contributed by atoms with Gasteiger partial charge in [-0.1, -0.05) is 49.6 Å². The molecule has 2 aromatic rings. The number of halogens is 3. The zero-order valence-electron chi connectivity index (χ0n) is 20.1. The van der Waals surface area contributed by atoms with Crippen molar-refractivity contribution in [2.75, 3.05) is 36.4 Å². The van der Waals surface area contributed by atoms with Gasteiger partial charge < -0.3 is 10.2 Å². The molecule has 1 saturated heterocycles. The number of piperazine rings is 1. The first-order chi connectivity index (χ1) is 16.9. The molecule has 0 aromatic heterocycles. The summed E-state index contributed by atoms with van der Waals surface area (Å²) in [6, 6.07) is 13.9. The van der Waals surface area contributed by atoms with Gasteiger partial charge in [0.05, 0.1) is 11.6 Å². The molecule has 2 heterocycles. The maximum atomic E-state index is 13.9. The molecule has 5 rings (SSSR count). The molecular formula is C28H34F3N3O. The third kappa shape index (κ3) is 5.20. The first-order valence-corrected chi connectivity index (χ1v) is 13.0. The van der Waals surface area contributed by atoms with Crippen LogP contribution in [0.2, 0.25) is 0 Å². The van der Waals surface area contributed by atoms with Crippen LogP contribution in [0.25, 0.3) is 0 Å². The first kappa shape index (κ1) is 24.2. The van der Waals surface area contributed by atoms with E-state index >= 15 is 0 Å². The number of anilines is 2. The number of rotatable bonds is 5. The lowest BCUT2D eigenvalue weighted by Crippen LogP contribution is -2.60. The van der Waals surface area contributed by atoms with Crippen molar-refractivity contribution in [1.82, 2.24) is 4.90 Å². The van der Waals surface area contributed by atoms with Crippen LogP contribution in [0.4, 0.5) is 24.5 Å². The fourth-order valence-electron chi connectivity index (χ4n) is 6.19. The number of Topliss-reactive ketones (excluding diaryl/α,β-unsaturated/α-hetero) is 1. The molecule has 1 aliphatic carbocycles. The first-order valence-electron chi connectivity index (χ1n) is 13.0. The zero-order chi connectivity index (χ0) is 24.4. The van der Waals surface area contributed by atoms with Crippen molar-refractivity contribution in [2.24, 2.45) is 5.92 Å². The molecule has 188 valence electrons. The molecule has 3 aliphatic rings. The van der Waals surface area contributed by atoms with Crippen molar-refractivity contribution in [2.45, 2.75) is 63.2 Å². The highest BCUT2D eigenvalue weighted by molar-refractivity contribution is 5.88. The molecule has 35 heavy (non-hydrogen) atoms. The number of hydrogen-bond acceptors (Lipinski definition) is 4. The van der Waals surface area contributed by atoms with Gasteiger partial charge in [0, 0.05) is 49.5 Å². The highest BCUT2D eigenvalue weighted by Gasteiger charge is 2.41. The lowest BCUT2D eigenvalue weighted by Gasteiger charge is -2.45. The summed E-state index contributed by atoms with van der Waals surface area (Å²) in [5, 5.41) is 3.66. The number of alkyl halides is 3. The van der Waals surface area contributed by atoms with Crippen molar-refractivity contribution in [3.63, 3.8) is 0 Å². The second-order valence-corrected chi connectivity index (χ2v) is 10.2. The maximum absolute atomic E-state index is 13.9. The summed E-state index contributed by atoms with van der Waals surface area (Å²) >= 11 is 0. The fraction of sp³-hybridized carbons (Fsp3) is 0.536. The van der Waals surface area contributed by atoms with Crippen LogP contribution in [0.15, 0.2) is 48.5 Å². The van der Waals surface area contributed by atoms with E-state index in [0.29, 0.717) is 32.0 Å². The number of carbonyl (C=O) groups excluding carboxylic acids is 1. The van der Waals surface area contributed by atoms with Gasteiger partial charge in [-0.25, -0.2) is 0 Å². The monoisotopic (exact) mass is 485 g/mol. The van der Waals surface area contributed by atoms with E-state index in [0.717, 1.165) is 50.3 Å². The van der Waals surface area contributed by atoms with Gasteiger partial charge in [0.15, 0.2) is 5.78 Å². The second-order valence-electron chi connectivity index (χ2n) is 10.2. The highest BCUT2D eigenvalue weighted by atomic mass is 19.4. The number of para-hydroxylation sites is 2. The van der Waals surface area contributed by atoms with Crippen LogP contribution in [-0.2, 0) is 17.4 Å². The highest BCUT2D eigenvalue weighted by Crippen LogP contribution is 2.37. The van der Waals surface area contributed by atoms with E-state index in [-0.39, 0.29) is 23.7 Å². The molecule has 2 aromatic carbocycles. The van der Waals surface area contributed by atoms with Gasteiger partial charge >= 0.3 is 6.18 Å². The number of carbonyl (C=O) groups is 1. The van der Waals surface area contributed by atoms with Crippen LogP contribution < -0.4 is 10.2 Å². The van der Waals surface area contributed by atoms with E-state index in [2.05, 4.69) is 22.3 Å². The normalized spacial score (nSPS) is 22.8. The smallest absolute Gasteiger partial charge is 0.380 e. The minimum Gasteiger partial charge on any atom is -0.380 e. The van der Waals surface area contributed by atoms with Crippen LogP contribution in [0.3, 0.4) is 0 Å². The van der Waals surface area contributed by atoms with Gasteiger partial charge in [-0.05, 0) is 49.4 Å². The van der Waals surface area contributed by atoms with E-state index in [4.69, 9.17) is 0 Å². The predicted molar refractivity (Wildman–Crippen MR) is 133 cm³/mol. The van der Waals surface area contributed by atoms with Crippen molar-refractivity contribution < 1.29 is 18.0 Å². The van der Waals surface area contributed by atoms with Gasteiger partial charge in [-0.3, -0.25) is 9.69 Å². The molecule has 2 unspecified atom stereocenters. The largest absolute Gasteiger partial charge is 0.418 e. The molecule has 2 atom stereocenters.